The van der Waals surface area contributed by atoms with Crippen molar-refractivity contribution in [3.05, 3.63) is 89.5 Å². The first-order chi connectivity index (χ1) is 19.5. The van der Waals surface area contributed by atoms with Crippen LogP contribution in [0.1, 0.15) is 43.9 Å². The van der Waals surface area contributed by atoms with Crippen molar-refractivity contribution in [1.82, 2.24) is 10.2 Å². The first-order valence-corrected chi connectivity index (χ1v) is 15.3. The Morgan fingerprint density at radius 2 is 1.56 bits per heavy atom. The normalized spacial score (nSPS) is 12.1. The average molecular weight is 580 g/mol. The summed E-state index contributed by atoms with van der Waals surface area (Å²) in [6.07, 6.45) is 0.362. The van der Waals surface area contributed by atoms with Crippen molar-refractivity contribution in [2.45, 2.75) is 58.5 Å². The largest absolute Gasteiger partial charge is 0.495 e. The van der Waals surface area contributed by atoms with Gasteiger partial charge in [0, 0.05) is 13.1 Å². The number of benzene rings is 3. The van der Waals surface area contributed by atoms with E-state index >= 15 is 0 Å². The number of nitrogens with one attached hydrogen (secondary N) is 1. The molecule has 0 saturated heterocycles. The highest BCUT2D eigenvalue weighted by Crippen LogP contribution is 2.34. The minimum Gasteiger partial charge on any atom is -0.495 e. The quantitative estimate of drug-likeness (QED) is 0.305. The molecule has 0 spiro atoms. The molecule has 0 aliphatic rings. The van der Waals surface area contributed by atoms with Crippen molar-refractivity contribution in [3.8, 4) is 5.75 Å². The van der Waals surface area contributed by atoms with Crippen LogP contribution < -0.4 is 14.4 Å². The molecule has 0 heterocycles. The molecule has 0 aliphatic carbocycles. The Labute approximate surface area is 244 Å². The summed E-state index contributed by atoms with van der Waals surface area (Å²) in [5.41, 5.74) is 2.79. The number of ether oxygens (including phenoxy) is 1. The number of carbonyl (C=O) groups excluding carboxylic acids is 2. The van der Waals surface area contributed by atoms with Crippen molar-refractivity contribution < 1.29 is 22.7 Å². The van der Waals surface area contributed by atoms with E-state index in [1.807, 2.05) is 71.0 Å². The molecule has 0 saturated carbocycles. The summed E-state index contributed by atoms with van der Waals surface area (Å²) in [5.74, 6) is -0.222. The molecule has 0 fully saturated rings. The molecular formula is C32H41N3O5S. The van der Waals surface area contributed by atoms with Crippen LogP contribution in [0.25, 0.3) is 0 Å². The standard InChI is InChI=1S/C32H41N3O5S/c1-7-28(32(37)33-20-23(2)3)34(21-26-11-9-8-10-12-26)31(36)22-35(29-19-25(5)15-18-30(29)40-6)41(38,39)27-16-13-24(4)14-17-27/h8-19,23,28H,7,20-22H2,1-6H3,(H,33,37)/t28-/m0/s1. The topological polar surface area (TPSA) is 96.0 Å². The molecule has 0 bridgehead atoms. The maximum absolute atomic E-state index is 14.2. The van der Waals surface area contributed by atoms with Gasteiger partial charge in [0.25, 0.3) is 10.0 Å². The Balaban J connectivity index is 2.10. The van der Waals surface area contributed by atoms with E-state index in [-0.39, 0.29) is 29.0 Å². The maximum atomic E-state index is 14.2. The Hall–Kier alpha value is -3.85. The lowest BCUT2D eigenvalue weighted by molar-refractivity contribution is -0.140. The van der Waals surface area contributed by atoms with Gasteiger partial charge in [-0.3, -0.25) is 13.9 Å². The monoisotopic (exact) mass is 579 g/mol. The summed E-state index contributed by atoms with van der Waals surface area (Å²) in [5, 5.41) is 2.94. The smallest absolute Gasteiger partial charge is 0.264 e. The SMILES string of the molecule is CC[C@@H](C(=O)NCC(C)C)N(Cc1ccccc1)C(=O)CN(c1cc(C)ccc1OC)S(=O)(=O)c1ccc(C)cc1. The molecule has 8 nitrogen and oxygen atoms in total. The molecule has 3 aromatic carbocycles. The third-order valence-electron chi connectivity index (χ3n) is 6.76. The summed E-state index contributed by atoms with van der Waals surface area (Å²) in [6, 6.07) is 20.2. The summed E-state index contributed by atoms with van der Waals surface area (Å²) < 4.78 is 34.8. The molecule has 0 radical (unpaired) electrons. The third-order valence-corrected chi connectivity index (χ3v) is 8.53. The number of hydrogen-bond donors (Lipinski definition) is 1. The van der Waals surface area contributed by atoms with Gasteiger partial charge in [-0.05, 0) is 61.6 Å². The zero-order chi connectivity index (χ0) is 30.2. The molecule has 220 valence electrons. The van der Waals surface area contributed by atoms with Crippen LogP contribution in [0.5, 0.6) is 5.75 Å². The van der Waals surface area contributed by atoms with Crippen LogP contribution in [0.4, 0.5) is 5.69 Å². The number of methoxy groups -OCH3 is 1. The van der Waals surface area contributed by atoms with Gasteiger partial charge >= 0.3 is 0 Å². The predicted octanol–water partition coefficient (Wildman–Crippen LogP) is 5.09. The second-order valence-corrected chi connectivity index (χ2v) is 12.4. The Kier molecular flexibility index (Phi) is 10.9. The van der Waals surface area contributed by atoms with Crippen LogP contribution in [0.15, 0.2) is 77.7 Å². The van der Waals surface area contributed by atoms with Crippen molar-refractivity contribution in [2.75, 3.05) is 24.5 Å². The van der Waals surface area contributed by atoms with Gasteiger partial charge in [0.1, 0.15) is 18.3 Å². The number of carbonyl (C=O) groups is 2. The molecule has 1 atom stereocenters. The lowest BCUT2D eigenvalue weighted by Gasteiger charge is -2.33. The number of hydrogen-bond acceptors (Lipinski definition) is 5. The second kappa shape index (κ2) is 14.2. The van der Waals surface area contributed by atoms with E-state index in [1.54, 1.807) is 24.3 Å². The fourth-order valence-electron chi connectivity index (χ4n) is 4.47. The van der Waals surface area contributed by atoms with Crippen molar-refractivity contribution in [2.24, 2.45) is 5.92 Å². The highest BCUT2D eigenvalue weighted by molar-refractivity contribution is 7.92. The highest BCUT2D eigenvalue weighted by Gasteiger charge is 2.34. The van der Waals surface area contributed by atoms with Gasteiger partial charge in [-0.15, -0.1) is 0 Å². The fraction of sp³-hybridized carbons (Fsp3) is 0.375. The lowest BCUT2D eigenvalue weighted by atomic mass is 10.1. The Morgan fingerprint density at radius 3 is 2.15 bits per heavy atom. The van der Waals surface area contributed by atoms with Crippen LogP contribution in [0.2, 0.25) is 0 Å². The van der Waals surface area contributed by atoms with Crippen LogP contribution in [0, 0.1) is 19.8 Å². The van der Waals surface area contributed by atoms with E-state index in [1.165, 1.54) is 24.1 Å². The Morgan fingerprint density at radius 1 is 0.927 bits per heavy atom. The van der Waals surface area contributed by atoms with Gasteiger partial charge in [0.15, 0.2) is 0 Å². The molecule has 0 aliphatic heterocycles. The van der Waals surface area contributed by atoms with E-state index in [0.717, 1.165) is 21.0 Å². The van der Waals surface area contributed by atoms with Crippen molar-refractivity contribution >= 4 is 27.5 Å². The fourth-order valence-corrected chi connectivity index (χ4v) is 5.88. The number of rotatable bonds is 13. The van der Waals surface area contributed by atoms with E-state index in [0.29, 0.717) is 18.7 Å². The van der Waals surface area contributed by atoms with Crippen molar-refractivity contribution in [3.63, 3.8) is 0 Å². The zero-order valence-corrected chi connectivity index (χ0v) is 25.6. The number of aryl methyl sites for hydroxylation is 2. The number of anilines is 1. The predicted molar refractivity (Wildman–Crippen MR) is 162 cm³/mol. The minimum atomic E-state index is -4.19. The minimum absolute atomic E-state index is 0.0517. The number of sulfonamides is 1. The molecule has 3 aromatic rings. The van der Waals surface area contributed by atoms with Crippen LogP contribution in [-0.2, 0) is 26.2 Å². The van der Waals surface area contributed by atoms with E-state index < -0.39 is 28.5 Å². The van der Waals surface area contributed by atoms with Gasteiger partial charge in [0.05, 0.1) is 17.7 Å². The molecule has 2 amide bonds. The summed E-state index contributed by atoms with van der Waals surface area (Å²) in [4.78, 5) is 29.0. The Bertz CT molecular complexity index is 1420. The van der Waals surface area contributed by atoms with E-state index in [2.05, 4.69) is 5.32 Å². The first kappa shape index (κ1) is 31.7. The molecule has 0 aromatic heterocycles. The van der Waals surface area contributed by atoms with Crippen molar-refractivity contribution in [1.29, 1.82) is 0 Å². The van der Waals surface area contributed by atoms with Gasteiger partial charge < -0.3 is 15.0 Å². The average Bonchev–Trinajstić information content (AvgIpc) is 2.95. The molecule has 3 rings (SSSR count). The summed E-state index contributed by atoms with van der Waals surface area (Å²) >= 11 is 0. The molecule has 1 N–H and O–H groups in total. The first-order valence-electron chi connectivity index (χ1n) is 13.8. The molecule has 9 heteroatoms. The lowest BCUT2D eigenvalue weighted by Crippen LogP contribution is -2.52. The molecular weight excluding hydrogens is 538 g/mol. The molecule has 0 unspecified atom stereocenters. The molecule has 41 heavy (non-hydrogen) atoms. The zero-order valence-electron chi connectivity index (χ0n) is 24.8. The van der Waals surface area contributed by atoms with Gasteiger partial charge in [-0.1, -0.05) is 74.9 Å². The van der Waals surface area contributed by atoms with Gasteiger partial charge in [0.2, 0.25) is 11.8 Å². The van der Waals surface area contributed by atoms with E-state index in [9.17, 15) is 18.0 Å². The van der Waals surface area contributed by atoms with Gasteiger partial charge in [-0.25, -0.2) is 8.42 Å². The summed E-state index contributed by atoms with van der Waals surface area (Å²) in [6.45, 7) is 9.65. The number of amides is 2. The third kappa shape index (κ3) is 8.10. The second-order valence-electron chi connectivity index (χ2n) is 10.6. The summed E-state index contributed by atoms with van der Waals surface area (Å²) in [7, 11) is -2.73. The maximum Gasteiger partial charge on any atom is 0.264 e. The van der Waals surface area contributed by atoms with Crippen LogP contribution in [0.3, 0.4) is 0 Å². The van der Waals surface area contributed by atoms with Crippen LogP contribution >= 0.6 is 0 Å². The van der Waals surface area contributed by atoms with Crippen LogP contribution in [-0.4, -0.2) is 51.4 Å². The van der Waals surface area contributed by atoms with E-state index in [4.69, 9.17) is 4.74 Å². The van der Waals surface area contributed by atoms with Gasteiger partial charge in [-0.2, -0.15) is 0 Å². The highest BCUT2D eigenvalue weighted by atomic mass is 32.2. The number of nitrogens with zero attached hydrogens (tertiary/aromatic N) is 2.